The highest BCUT2D eigenvalue weighted by Gasteiger charge is 2.17. The van der Waals surface area contributed by atoms with Crippen molar-refractivity contribution in [1.29, 1.82) is 0 Å². The maximum atomic E-state index is 13.0. The SMILES string of the molecule is Nc1ccc(Br)c(S(=O)(=O)NCc2ccc(F)c(Cl)c2)c1. The fourth-order valence-electron chi connectivity index (χ4n) is 1.63. The zero-order valence-corrected chi connectivity index (χ0v) is 13.8. The van der Waals surface area contributed by atoms with E-state index in [2.05, 4.69) is 20.7 Å². The van der Waals surface area contributed by atoms with Gasteiger partial charge in [-0.15, -0.1) is 0 Å². The lowest BCUT2D eigenvalue weighted by Gasteiger charge is -2.09. The lowest BCUT2D eigenvalue weighted by atomic mass is 10.2. The summed E-state index contributed by atoms with van der Waals surface area (Å²) in [5.41, 5.74) is 6.48. The third-order valence-corrected chi connectivity index (χ3v) is 5.38. The van der Waals surface area contributed by atoms with Crippen LogP contribution < -0.4 is 10.5 Å². The van der Waals surface area contributed by atoms with Crippen molar-refractivity contribution in [1.82, 2.24) is 4.72 Å². The normalized spacial score (nSPS) is 11.6. The molecule has 0 bridgehead atoms. The van der Waals surface area contributed by atoms with Gasteiger partial charge in [-0.05, 0) is 51.8 Å². The Kier molecular flexibility index (Phi) is 4.88. The number of anilines is 1. The topological polar surface area (TPSA) is 72.2 Å². The monoisotopic (exact) mass is 392 g/mol. The van der Waals surface area contributed by atoms with Gasteiger partial charge in [-0.2, -0.15) is 0 Å². The molecule has 2 aromatic carbocycles. The fraction of sp³-hybridized carbons (Fsp3) is 0.0769. The number of sulfonamides is 1. The van der Waals surface area contributed by atoms with E-state index in [1.807, 2.05) is 0 Å². The second-order valence-corrected chi connectivity index (χ2v) is 7.26. The van der Waals surface area contributed by atoms with Crippen molar-refractivity contribution >= 4 is 43.2 Å². The van der Waals surface area contributed by atoms with Gasteiger partial charge in [-0.25, -0.2) is 17.5 Å². The Morgan fingerprint density at radius 1 is 1.24 bits per heavy atom. The summed E-state index contributed by atoms with van der Waals surface area (Å²) in [7, 11) is -3.75. The van der Waals surface area contributed by atoms with Crippen LogP contribution >= 0.6 is 27.5 Å². The number of rotatable bonds is 4. The highest BCUT2D eigenvalue weighted by atomic mass is 79.9. The van der Waals surface area contributed by atoms with Crippen LogP contribution in [0.4, 0.5) is 10.1 Å². The van der Waals surface area contributed by atoms with Crippen LogP contribution in [-0.4, -0.2) is 8.42 Å². The molecule has 2 aromatic rings. The molecular weight excluding hydrogens is 383 g/mol. The van der Waals surface area contributed by atoms with Crippen molar-refractivity contribution in [3.05, 3.63) is 57.3 Å². The molecule has 0 aromatic heterocycles. The van der Waals surface area contributed by atoms with Gasteiger partial charge >= 0.3 is 0 Å². The zero-order chi connectivity index (χ0) is 15.6. The van der Waals surface area contributed by atoms with Crippen LogP contribution in [0.15, 0.2) is 45.8 Å². The van der Waals surface area contributed by atoms with Gasteiger partial charge in [-0.3, -0.25) is 0 Å². The molecule has 8 heteroatoms. The Balaban J connectivity index is 2.21. The fourth-order valence-corrected chi connectivity index (χ4v) is 3.85. The molecule has 0 saturated heterocycles. The Labute approximate surface area is 135 Å². The van der Waals surface area contributed by atoms with E-state index in [1.165, 1.54) is 24.3 Å². The third-order valence-electron chi connectivity index (χ3n) is 2.70. The van der Waals surface area contributed by atoms with Gasteiger partial charge in [0.15, 0.2) is 0 Å². The Bertz CT molecular complexity index is 784. The van der Waals surface area contributed by atoms with E-state index in [0.29, 0.717) is 15.7 Å². The van der Waals surface area contributed by atoms with Crippen molar-refractivity contribution < 1.29 is 12.8 Å². The Hall–Kier alpha value is -1.15. The summed E-state index contributed by atoms with van der Waals surface area (Å²) in [4.78, 5) is 0.0377. The second kappa shape index (κ2) is 6.31. The van der Waals surface area contributed by atoms with Gasteiger partial charge in [0.05, 0.1) is 9.92 Å². The standard InChI is InChI=1S/C13H11BrClFN2O2S/c14-10-3-2-9(17)6-13(10)21(19,20)18-7-8-1-4-12(16)11(15)5-8/h1-6,18H,7,17H2. The molecule has 112 valence electrons. The molecule has 0 saturated carbocycles. The van der Waals surface area contributed by atoms with E-state index in [-0.39, 0.29) is 16.5 Å². The van der Waals surface area contributed by atoms with Crippen LogP contribution in [0.2, 0.25) is 5.02 Å². The van der Waals surface area contributed by atoms with Crippen molar-refractivity contribution in [2.24, 2.45) is 0 Å². The first kappa shape index (κ1) is 16.2. The van der Waals surface area contributed by atoms with Crippen molar-refractivity contribution in [2.75, 3.05) is 5.73 Å². The summed E-state index contributed by atoms with van der Waals surface area (Å²) in [6, 6.07) is 8.50. The van der Waals surface area contributed by atoms with Gasteiger partial charge in [0.2, 0.25) is 10.0 Å². The van der Waals surface area contributed by atoms with Gasteiger partial charge in [0, 0.05) is 16.7 Å². The van der Waals surface area contributed by atoms with Crippen molar-refractivity contribution in [3.63, 3.8) is 0 Å². The first-order chi connectivity index (χ1) is 9.79. The van der Waals surface area contributed by atoms with Crippen LogP contribution in [0, 0.1) is 5.82 Å². The van der Waals surface area contributed by atoms with Crippen LogP contribution in [0.3, 0.4) is 0 Å². The highest BCUT2D eigenvalue weighted by Crippen LogP contribution is 2.24. The summed E-state index contributed by atoms with van der Waals surface area (Å²) in [5, 5.41) is -0.0585. The van der Waals surface area contributed by atoms with E-state index in [1.54, 1.807) is 12.1 Å². The molecule has 0 aliphatic rings. The number of nitrogens with one attached hydrogen (secondary N) is 1. The van der Waals surface area contributed by atoms with Crippen LogP contribution in [0.25, 0.3) is 0 Å². The molecule has 3 N–H and O–H groups in total. The minimum atomic E-state index is -3.75. The molecule has 0 aliphatic heterocycles. The number of hydrogen-bond acceptors (Lipinski definition) is 3. The first-order valence-corrected chi connectivity index (χ1v) is 8.43. The Morgan fingerprint density at radius 3 is 2.62 bits per heavy atom. The van der Waals surface area contributed by atoms with Gasteiger partial charge in [-0.1, -0.05) is 17.7 Å². The van der Waals surface area contributed by atoms with Gasteiger partial charge in [0.1, 0.15) is 5.82 Å². The molecule has 21 heavy (non-hydrogen) atoms. The van der Waals surface area contributed by atoms with Crippen LogP contribution in [0.1, 0.15) is 5.56 Å². The maximum Gasteiger partial charge on any atom is 0.242 e. The molecule has 0 atom stereocenters. The number of nitrogens with two attached hydrogens (primary N) is 1. The summed E-state index contributed by atoms with van der Waals surface area (Å²) < 4.78 is 40.3. The Morgan fingerprint density at radius 2 is 1.95 bits per heavy atom. The molecule has 0 spiro atoms. The average Bonchev–Trinajstić information content (AvgIpc) is 2.43. The molecule has 2 rings (SSSR count). The summed E-state index contributed by atoms with van der Waals surface area (Å²) in [6.07, 6.45) is 0. The number of nitrogen functional groups attached to an aromatic ring is 1. The average molecular weight is 394 g/mol. The molecule has 4 nitrogen and oxygen atoms in total. The van der Waals surface area contributed by atoms with Crippen molar-refractivity contribution in [3.8, 4) is 0 Å². The summed E-state index contributed by atoms with van der Waals surface area (Å²) >= 11 is 8.82. The van der Waals surface area contributed by atoms with Crippen LogP contribution in [0.5, 0.6) is 0 Å². The molecule has 0 heterocycles. The van der Waals surface area contributed by atoms with E-state index in [0.717, 1.165) is 0 Å². The summed E-state index contributed by atoms with van der Waals surface area (Å²) in [5.74, 6) is -0.554. The lowest BCUT2D eigenvalue weighted by molar-refractivity contribution is 0.580. The quantitative estimate of drug-likeness (QED) is 0.783. The molecular formula is C13H11BrClFN2O2S. The van der Waals surface area contributed by atoms with Gasteiger partial charge < -0.3 is 5.73 Å². The molecule has 0 aliphatic carbocycles. The third kappa shape index (κ3) is 3.94. The number of hydrogen-bond donors (Lipinski definition) is 2. The smallest absolute Gasteiger partial charge is 0.242 e. The predicted molar refractivity (Wildman–Crippen MR) is 84.0 cm³/mol. The summed E-state index contributed by atoms with van der Waals surface area (Å²) in [6.45, 7) is -0.0103. The molecule has 0 fully saturated rings. The largest absolute Gasteiger partial charge is 0.399 e. The predicted octanol–water partition coefficient (Wildman–Crippen LogP) is 3.30. The van der Waals surface area contributed by atoms with Crippen LogP contribution in [-0.2, 0) is 16.6 Å². The van der Waals surface area contributed by atoms with Gasteiger partial charge in [0.25, 0.3) is 0 Å². The first-order valence-electron chi connectivity index (χ1n) is 5.78. The molecule has 0 radical (unpaired) electrons. The number of benzene rings is 2. The van der Waals surface area contributed by atoms with E-state index < -0.39 is 15.8 Å². The zero-order valence-electron chi connectivity index (χ0n) is 10.6. The van der Waals surface area contributed by atoms with E-state index in [4.69, 9.17) is 17.3 Å². The maximum absolute atomic E-state index is 13.0. The minimum Gasteiger partial charge on any atom is -0.399 e. The van der Waals surface area contributed by atoms with E-state index in [9.17, 15) is 12.8 Å². The minimum absolute atomic E-state index is 0.0103. The number of halogens is 3. The van der Waals surface area contributed by atoms with Crippen molar-refractivity contribution in [2.45, 2.75) is 11.4 Å². The molecule has 0 unspecified atom stereocenters. The highest BCUT2D eigenvalue weighted by molar-refractivity contribution is 9.10. The lowest BCUT2D eigenvalue weighted by Crippen LogP contribution is -2.23. The van der Waals surface area contributed by atoms with E-state index >= 15 is 0 Å². The molecule has 0 amide bonds. The second-order valence-electron chi connectivity index (χ2n) is 4.26.